The summed E-state index contributed by atoms with van der Waals surface area (Å²) >= 11 is 3.20. The fourth-order valence-corrected chi connectivity index (χ4v) is 2.35. The molecule has 0 fully saturated rings. The molecule has 0 aliphatic carbocycles. The molecule has 1 aromatic rings. The van der Waals surface area contributed by atoms with Crippen molar-refractivity contribution in [2.24, 2.45) is 4.99 Å². The fourth-order valence-electron chi connectivity index (χ4n) is 1.92. The lowest BCUT2D eigenvalue weighted by molar-refractivity contribution is 0.143. The van der Waals surface area contributed by atoms with Gasteiger partial charge in [-0.3, -0.25) is 4.99 Å². The van der Waals surface area contributed by atoms with E-state index < -0.39 is 0 Å². The van der Waals surface area contributed by atoms with E-state index in [4.69, 9.17) is 4.74 Å². The highest BCUT2D eigenvalue weighted by atomic mass is 127. The Hall–Kier alpha value is -0.410. The number of hydrogen-bond donors (Lipinski definition) is 2. The number of halogens is 3. The van der Waals surface area contributed by atoms with Gasteiger partial charge >= 0.3 is 0 Å². The first kappa shape index (κ1) is 22.6. The van der Waals surface area contributed by atoms with Gasteiger partial charge in [0, 0.05) is 33.4 Å². The van der Waals surface area contributed by atoms with Crippen molar-refractivity contribution >= 4 is 45.9 Å². The lowest BCUT2D eigenvalue weighted by atomic mass is 10.1. The number of hydrogen-bond acceptors (Lipinski definition) is 2. The summed E-state index contributed by atoms with van der Waals surface area (Å²) in [6.45, 7) is 5.20. The van der Waals surface area contributed by atoms with Crippen molar-refractivity contribution in [3.63, 3.8) is 0 Å². The molecule has 0 heterocycles. The average Bonchev–Trinajstić information content (AvgIpc) is 2.52. The fraction of sp³-hybridized carbons (Fsp3) is 0.562. The van der Waals surface area contributed by atoms with Crippen LogP contribution >= 0.6 is 39.9 Å². The van der Waals surface area contributed by atoms with Gasteiger partial charge in [0.2, 0.25) is 0 Å². The second-order valence-corrected chi connectivity index (χ2v) is 5.68. The minimum absolute atomic E-state index is 0. The standard InChI is InChI=1S/C16H25BrFN3O.HI/c1-3-22-11-5-4-9-20-16(19-2)21-10-8-13-6-7-15(18)14(17)12-13;/h6-7,12H,3-5,8-11H2,1-2H3,(H2,19,20,21);1H. The third kappa shape index (κ3) is 10.1. The second-order valence-electron chi connectivity index (χ2n) is 4.83. The molecule has 0 radical (unpaired) electrons. The van der Waals surface area contributed by atoms with Crippen LogP contribution in [0.15, 0.2) is 27.7 Å². The Balaban J connectivity index is 0.00000484. The molecule has 132 valence electrons. The Kier molecular flexibility index (Phi) is 13.7. The summed E-state index contributed by atoms with van der Waals surface area (Å²) in [6, 6.07) is 5.08. The SMILES string of the molecule is CCOCCCCNC(=NC)NCCc1ccc(F)c(Br)c1.I. The molecule has 0 atom stereocenters. The number of benzene rings is 1. The van der Waals surface area contributed by atoms with Gasteiger partial charge in [-0.05, 0) is 59.8 Å². The summed E-state index contributed by atoms with van der Waals surface area (Å²) < 4.78 is 19.0. The van der Waals surface area contributed by atoms with Gasteiger partial charge in [-0.25, -0.2) is 4.39 Å². The van der Waals surface area contributed by atoms with Crippen LogP contribution in [0.3, 0.4) is 0 Å². The maximum absolute atomic E-state index is 13.2. The smallest absolute Gasteiger partial charge is 0.190 e. The molecule has 0 unspecified atom stereocenters. The van der Waals surface area contributed by atoms with Crippen molar-refractivity contribution < 1.29 is 9.13 Å². The van der Waals surface area contributed by atoms with E-state index in [0.29, 0.717) is 4.47 Å². The number of aliphatic imine (C=N–C) groups is 1. The molecule has 0 aliphatic rings. The molecular weight excluding hydrogens is 476 g/mol. The summed E-state index contributed by atoms with van der Waals surface area (Å²) in [4.78, 5) is 4.18. The summed E-state index contributed by atoms with van der Waals surface area (Å²) in [5.74, 6) is 0.554. The summed E-state index contributed by atoms with van der Waals surface area (Å²) in [6.07, 6.45) is 2.90. The molecule has 1 aromatic carbocycles. The van der Waals surface area contributed by atoms with E-state index in [9.17, 15) is 4.39 Å². The van der Waals surface area contributed by atoms with E-state index in [-0.39, 0.29) is 29.8 Å². The lowest BCUT2D eigenvalue weighted by Gasteiger charge is -2.12. The molecule has 0 aromatic heterocycles. The lowest BCUT2D eigenvalue weighted by Crippen LogP contribution is -2.38. The van der Waals surface area contributed by atoms with Gasteiger partial charge in [-0.2, -0.15) is 0 Å². The number of nitrogens with zero attached hydrogens (tertiary/aromatic N) is 1. The van der Waals surface area contributed by atoms with Crippen molar-refractivity contribution in [1.82, 2.24) is 10.6 Å². The Morgan fingerprint density at radius 2 is 2.00 bits per heavy atom. The number of nitrogens with one attached hydrogen (secondary N) is 2. The quantitative estimate of drug-likeness (QED) is 0.234. The minimum atomic E-state index is -0.235. The molecule has 1 rings (SSSR count). The Morgan fingerprint density at radius 3 is 2.65 bits per heavy atom. The number of unbranched alkanes of at least 4 members (excludes halogenated alkanes) is 1. The van der Waals surface area contributed by atoms with Crippen molar-refractivity contribution in [3.8, 4) is 0 Å². The molecule has 0 amide bonds. The normalized spacial score (nSPS) is 11.0. The minimum Gasteiger partial charge on any atom is -0.382 e. The maximum atomic E-state index is 13.2. The van der Waals surface area contributed by atoms with Crippen LogP contribution in [-0.4, -0.2) is 39.3 Å². The van der Waals surface area contributed by atoms with Crippen molar-refractivity contribution in [3.05, 3.63) is 34.1 Å². The number of rotatable bonds is 9. The van der Waals surface area contributed by atoms with Crippen LogP contribution in [0.4, 0.5) is 4.39 Å². The Bertz CT molecular complexity index is 475. The van der Waals surface area contributed by atoms with E-state index in [2.05, 4.69) is 31.6 Å². The summed E-state index contributed by atoms with van der Waals surface area (Å²) in [5, 5.41) is 6.52. The summed E-state index contributed by atoms with van der Waals surface area (Å²) in [5.41, 5.74) is 1.08. The van der Waals surface area contributed by atoms with Gasteiger partial charge in [0.25, 0.3) is 0 Å². The molecule has 0 bridgehead atoms. The van der Waals surface area contributed by atoms with Gasteiger partial charge in [-0.15, -0.1) is 24.0 Å². The number of guanidine groups is 1. The van der Waals surface area contributed by atoms with E-state index in [0.717, 1.165) is 57.1 Å². The highest BCUT2D eigenvalue weighted by Gasteiger charge is 2.01. The predicted molar refractivity (Wildman–Crippen MR) is 108 cm³/mol. The van der Waals surface area contributed by atoms with Gasteiger partial charge < -0.3 is 15.4 Å². The molecule has 4 nitrogen and oxygen atoms in total. The molecule has 2 N–H and O–H groups in total. The molecular formula is C16H26BrFIN3O. The number of ether oxygens (including phenoxy) is 1. The molecule has 0 spiro atoms. The molecule has 0 saturated carbocycles. The van der Waals surface area contributed by atoms with Crippen LogP contribution < -0.4 is 10.6 Å². The van der Waals surface area contributed by atoms with E-state index in [1.54, 1.807) is 19.2 Å². The first-order valence-corrected chi connectivity index (χ1v) is 8.42. The van der Waals surface area contributed by atoms with Gasteiger partial charge in [-0.1, -0.05) is 6.07 Å². The van der Waals surface area contributed by atoms with Gasteiger partial charge in [0.15, 0.2) is 5.96 Å². The van der Waals surface area contributed by atoms with Crippen LogP contribution in [0.1, 0.15) is 25.3 Å². The van der Waals surface area contributed by atoms with Crippen LogP contribution in [0, 0.1) is 5.82 Å². The second kappa shape index (κ2) is 14.0. The van der Waals surface area contributed by atoms with Crippen LogP contribution in [-0.2, 0) is 11.2 Å². The predicted octanol–water partition coefficient (Wildman–Crippen LogP) is 3.73. The Labute approximate surface area is 163 Å². The molecule has 0 aliphatic heterocycles. The third-order valence-corrected chi connectivity index (χ3v) is 3.73. The Morgan fingerprint density at radius 1 is 1.26 bits per heavy atom. The summed E-state index contributed by atoms with van der Waals surface area (Å²) in [7, 11) is 1.75. The van der Waals surface area contributed by atoms with Crippen LogP contribution in [0.5, 0.6) is 0 Å². The zero-order chi connectivity index (χ0) is 16.2. The molecule has 7 heteroatoms. The van der Waals surface area contributed by atoms with Gasteiger partial charge in [0.05, 0.1) is 4.47 Å². The first-order chi connectivity index (χ1) is 10.7. The van der Waals surface area contributed by atoms with E-state index >= 15 is 0 Å². The first-order valence-electron chi connectivity index (χ1n) is 7.63. The largest absolute Gasteiger partial charge is 0.382 e. The van der Waals surface area contributed by atoms with Crippen molar-refractivity contribution in [1.29, 1.82) is 0 Å². The van der Waals surface area contributed by atoms with Crippen molar-refractivity contribution in [2.45, 2.75) is 26.2 Å². The van der Waals surface area contributed by atoms with E-state index in [1.807, 2.05) is 6.92 Å². The highest BCUT2D eigenvalue weighted by molar-refractivity contribution is 14.0. The van der Waals surface area contributed by atoms with Gasteiger partial charge in [0.1, 0.15) is 5.82 Å². The third-order valence-electron chi connectivity index (χ3n) is 3.13. The molecule has 0 saturated heterocycles. The van der Waals surface area contributed by atoms with Crippen LogP contribution in [0.2, 0.25) is 0 Å². The van der Waals surface area contributed by atoms with Crippen molar-refractivity contribution in [2.75, 3.05) is 33.4 Å². The average molecular weight is 502 g/mol. The maximum Gasteiger partial charge on any atom is 0.190 e. The zero-order valence-electron chi connectivity index (χ0n) is 13.7. The zero-order valence-corrected chi connectivity index (χ0v) is 17.6. The monoisotopic (exact) mass is 501 g/mol. The topological polar surface area (TPSA) is 45.6 Å². The highest BCUT2D eigenvalue weighted by Crippen LogP contribution is 2.16. The molecule has 23 heavy (non-hydrogen) atoms. The van der Waals surface area contributed by atoms with E-state index in [1.165, 1.54) is 6.07 Å². The van der Waals surface area contributed by atoms with Crippen LogP contribution in [0.25, 0.3) is 0 Å².